The van der Waals surface area contributed by atoms with Crippen molar-refractivity contribution < 1.29 is 5.21 Å². The van der Waals surface area contributed by atoms with Gasteiger partial charge in [0.25, 0.3) is 0 Å². The Bertz CT molecular complexity index is 189. The number of hydrogen-bond acceptors (Lipinski definition) is 2. The van der Waals surface area contributed by atoms with Crippen molar-refractivity contribution in [2.24, 2.45) is 5.16 Å². The van der Waals surface area contributed by atoms with Crippen LogP contribution >= 0.6 is 0 Å². The molecular weight excluding hydrogens is 114 g/mol. The molecule has 9 heavy (non-hydrogen) atoms. The zero-order valence-corrected chi connectivity index (χ0v) is 5.33. The number of rotatable bonds is 0. The highest BCUT2D eigenvalue weighted by Gasteiger charge is 2.01. The van der Waals surface area contributed by atoms with Crippen molar-refractivity contribution in [2.75, 3.05) is 0 Å². The first-order valence-corrected chi connectivity index (χ1v) is 2.89. The summed E-state index contributed by atoms with van der Waals surface area (Å²) in [6, 6.07) is 0. The standard InChI is InChI=1S/C7H9NO/c1-6-4-2-3-5-7(6)8-9/h2-4,9H,5H2,1H3/b8-7-. The molecule has 0 saturated carbocycles. The van der Waals surface area contributed by atoms with Crippen LogP contribution in [0.4, 0.5) is 0 Å². The SMILES string of the molecule is CC1=CC=CC/C1=N/O. The van der Waals surface area contributed by atoms with Gasteiger partial charge >= 0.3 is 0 Å². The molecule has 0 unspecified atom stereocenters. The van der Waals surface area contributed by atoms with Crippen molar-refractivity contribution >= 4 is 5.71 Å². The van der Waals surface area contributed by atoms with E-state index in [0.29, 0.717) is 0 Å². The predicted octanol–water partition coefficient (Wildman–Crippen LogP) is 1.72. The van der Waals surface area contributed by atoms with Gasteiger partial charge in [0.1, 0.15) is 0 Å². The Morgan fingerprint density at radius 1 is 1.67 bits per heavy atom. The molecule has 0 amide bonds. The average molecular weight is 123 g/mol. The zero-order chi connectivity index (χ0) is 6.69. The van der Waals surface area contributed by atoms with Gasteiger partial charge in [-0.05, 0) is 12.5 Å². The van der Waals surface area contributed by atoms with Crippen LogP contribution in [0.2, 0.25) is 0 Å². The molecule has 48 valence electrons. The van der Waals surface area contributed by atoms with Gasteiger partial charge in [-0.1, -0.05) is 23.4 Å². The summed E-state index contributed by atoms with van der Waals surface area (Å²) in [6.07, 6.45) is 6.60. The van der Waals surface area contributed by atoms with Gasteiger partial charge in [-0.15, -0.1) is 0 Å². The summed E-state index contributed by atoms with van der Waals surface area (Å²) in [4.78, 5) is 0. The van der Waals surface area contributed by atoms with E-state index in [-0.39, 0.29) is 0 Å². The summed E-state index contributed by atoms with van der Waals surface area (Å²) in [7, 11) is 0. The molecule has 0 aromatic carbocycles. The van der Waals surface area contributed by atoms with Crippen LogP contribution in [0, 0.1) is 0 Å². The average Bonchev–Trinajstić information content (AvgIpc) is 1.89. The molecule has 0 radical (unpaired) electrons. The quantitative estimate of drug-likeness (QED) is 0.386. The number of hydrogen-bond donors (Lipinski definition) is 1. The van der Waals surface area contributed by atoms with Crippen LogP contribution in [0.15, 0.2) is 29.0 Å². The summed E-state index contributed by atoms with van der Waals surface area (Å²) in [6.45, 7) is 1.93. The van der Waals surface area contributed by atoms with E-state index in [1.54, 1.807) is 0 Å². The number of allylic oxidation sites excluding steroid dienone is 4. The van der Waals surface area contributed by atoms with E-state index in [1.165, 1.54) is 0 Å². The molecule has 1 aliphatic carbocycles. The predicted molar refractivity (Wildman–Crippen MR) is 36.7 cm³/mol. The Morgan fingerprint density at radius 3 is 2.89 bits per heavy atom. The van der Waals surface area contributed by atoms with E-state index in [0.717, 1.165) is 17.7 Å². The van der Waals surface area contributed by atoms with Crippen LogP contribution in [-0.4, -0.2) is 10.9 Å². The molecule has 1 rings (SSSR count). The van der Waals surface area contributed by atoms with Crippen LogP contribution in [0.3, 0.4) is 0 Å². The minimum atomic E-state index is 0.749. The Hall–Kier alpha value is -1.05. The van der Waals surface area contributed by atoms with Crippen LogP contribution < -0.4 is 0 Å². The second-order valence-corrected chi connectivity index (χ2v) is 2.03. The van der Waals surface area contributed by atoms with E-state index in [9.17, 15) is 0 Å². The highest BCUT2D eigenvalue weighted by molar-refractivity contribution is 6.01. The van der Waals surface area contributed by atoms with Crippen molar-refractivity contribution in [3.05, 3.63) is 23.8 Å². The Balaban J connectivity index is 2.83. The van der Waals surface area contributed by atoms with Gasteiger partial charge in [0, 0.05) is 6.42 Å². The molecule has 0 aromatic heterocycles. The minimum absolute atomic E-state index is 0.749. The monoisotopic (exact) mass is 123 g/mol. The van der Waals surface area contributed by atoms with Crippen LogP contribution in [0.5, 0.6) is 0 Å². The van der Waals surface area contributed by atoms with Crippen molar-refractivity contribution in [1.29, 1.82) is 0 Å². The highest BCUT2D eigenvalue weighted by Crippen LogP contribution is 2.07. The van der Waals surface area contributed by atoms with Gasteiger partial charge in [-0.2, -0.15) is 0 Å². The fourth-order valence-electron chi connectivity index (χ4n) is 0.769. The molecule has 1 N–H and O–H groups in total. The van der Waals surface area contributed by atoms with E-state index in [1.807, 2.05) is 25.2 Å². The molecule has 0 aliphatic heterocycles. The maximum atomic E-state index is 8.37. The Kier molecular flexibility index (Phi) is 1.68. The lowest BCUT2D eigenvalue weighted by Crippen LogP contribution is -2.00. The summed E-state index contributed by atoms with van der Waals surface area (Å²) >= 11 is 0. The van der Waals surface area contributed by atoms with Crippen molar-refractivity contribution in [1.82, 2.24) is 0 Å². The lowest BCUT2D eigenvalue weighted by molar-refractivity contribution is 0.318. The summed E-state index contributed by atoms with van der Waals surface area (Å²) < 4.78 is 0. The summed E-state index contributed by atoms with van der Waals surface area (Å²) in [5, 5.41) is 11.5. The molecule has 1 aliphatic rings. The number of nitrogens with zero attached hydrogens (tertiary/aromatic N) is 1. The first-order chi connectivity index (χ1) is 4.34. The van der Waals surface area contributed by atoms with E-state index in [2.05, 4.69) is 5.16 Å². The molecule has 0 saturated heterocycles. The fraction of sp³-hybridized carbons (Fsp3) is 0.286. The first kappa shape index (κ1) is 6.08. The third-order valence-corrected chi connectivity index (χ3v) is 1.37. The van der Waals surface area contributed by atoms with Gasteiger partial charge in [-0.25, -0.2) is 0 Å². The summed E-state index contributed by atoms with van der Waals surface area (Å²) in [5.41, 5.74) is 1.80. The van der Waals surface area contributed by atoms with Gasteiger partial charge in [0.15, 0.2) is 0 Å². The maximum absolute atomic E-state index is 8.37. The van der Waals surface area contributed by atoms with E-state index >= 15 is 0 Å². The second kappa shape index (κ2) is 2.49. The summed E-state index contributed by atoms with van der Waals surface area (Å²) in [5.74, 6) is 0. The van der Waals surface area contributed by atoms with Gasteiger partial charge < -0.3 is 5.21 Å². The van der Waals surface area contributed by atoms with Crippen molar-refractivity contribution in [3.8, 4) is 0 Å². The lowest BCUT2D eigenvalue weighted by atomic mass is 10.1. The smallest absolute Gasteiger partial charge is 0.0862 e. The third-order valence-electron chi connectivity index (χ3n) is 1.37. The second-order valence-electron chi connectivity index (χ2n) is 2.03. The molecule has 0 fully saturated rings. The Labute approximate surface area is 54.2 Å². The molecular formula is C7H9NO. The van der Waals surface area contributed by atoms with Gasteiger partial charge in [0.2, 0.25) is 0 Å². The Morgan fingerprint density at radius 2 is 2.44 bits per heavy atom. The first-order valence-electron chi connectivity index (χ1n) is 2.89. The van der Waals surface area contributed by atoms with Crippen LogP contribution in [0.25, 0.3) is 0 Å². The van der Waals surface area contributed by atoms with Gasteiger partial charge in [0.05, 0.1) is 5.71 Å². The van der Waals surface area contributed by atoms with Crippen LogP contribution in [0.1, 0.15) is 13.3 Å². The fourth-order valence-corrected chi connectivity index (χ4v) is 0.769. The molecule has 0 atom stereocenters. The molecule has 0 aromatic rings. The normalized spacial score (nSPS) is 22.3. The van der Waals surface area contributed by atoms with Crippen LogP contribution in [-0.2, 0) is 0 Å². The van der Waals surface area contributed by atoms with E-state index in [4.69, 9.17) is 5.21 Å². The highest BCUT2D eigenvalue weighted by atomic mass is 16.4. The maximum Gasteiger partial charge on any atom is 0.0862 e. The topological polar surface area (TPSA) is 32.6 Å². The molecule has 2 heteroatoms. The molecule has 0 heterocycles. The lowest BCUT2D eigenvalue weighted by Gasteiger charge is -2.03. The number of oxime groups is 1. The molecule has 0 spiro atoms. The minimum Gasteiger partial charge on any atom is -0.411 e. The molecule has 0 bridgehead atoms. The third kappa shape index (κ3) is 1.19. The largest absolute Gasteiger partial charge is 0.411 e. The van der Waals surface area contributed by atoms with Crippen molar-refractivity contribution in [2.45, 2.75) is 13.3 Å². The van der Waals surface area contributed by atoms with Gasteiger partial charge in [-0.3, -0.25) is 0 Å². The zero-order valence-electron chi connectivity index (χ0n) is 5.33. The van der Waals surface area contributed by atoms with E-state index < -0.39 is 0 Å². The van der Waals surface area contributed by atoms with Crippen molar-refractivity contribution in [3.63, 3.8) is 0 Å². The molecule has 2 nitrogen and oxygen atoms in total.